The van der Waals surface area contributed by atoms with Gasteiger partial charge in [0.2, 0.25) is 11.8 Å². The van der Waals surface area contributed by atoms with E-state index in [-0.39, 0.29) is 18.4 Å². The van der Waals surface area contributed by atoms with Crippen LogP contribution in [0.1, 0.15) is 26.2 Å². The molecule has 144 valence electrons. The number of carbonyl (C=O) groups excluding carboxylic acids is 2. The SMILES string of the molecule is CC(=O)N[C@@H](CCP(=O)(O)O)C(=O)N1CCC(Oc2ccccc2)CC1. The lowest BCUT2D eigenvalue weighted by molar-refractivity contribution is -0.137. The van der Waals surface area contributed by atoms with E-state index in [0.29, 0.717) is 25.9 Å². The number of rotatable bonds is 7. The molecule has 0 bridgehead atoms. The molecule has 1 aliphatic heterocycles. The maximum absolute atomic E-state index is 12.6. The third-order valence-corrected chi connectivity index (χ3v) is 5.03. The summed E-state index contributed by atoms with van der Waals surface area (Å²) in [7, 11) is -4.23. The van der Waals surface area contributed by atoms with Gasteiger partial charge in [-0.1, -0.05) is 18.2 Å². The Morgan fingerprint density at radius 2 is 1.88 bits per heavy atom. The summed E-state index contributed by atoms with van der Waals surface area (Å²) >= 11 is 0. The number of ether oxygens (including phenoxy) is 1. The Morgan fingerprint density at radius 1 is 1.27 bits per heavy atom. The Hall–Kier alpha value is -1.89. The molecule has 1 saturated heterocycles. The van der Waals surface area contributed by atoms with Crippen LogP contribution in [0.5, 0.6) is 5.75 Å². The fraction of sp³-hybridized carbons (Fsp3) is 0.529. The molecule has 9 heteroatoms. The molecule has 1 fully saturated rings. The van der Waals surface area contributed by atoms with E-state index in [9.17, 15) is 14.2 Å². The molecule has 1 atom stereocenters. The van der Waals surface area contributed by atoms with E-state index < -0.39 is 25.7 Å². The molecule has 2 amide bonds. The molecule has 0 unspecified atom stereocenters. The number of nitrogens with one attached hydrogen (secondary N) is 1. The van der Waals surface area contributed by atoms with Crippen LogP contribution < -0.4 is 10.1 Å². The fourth-order valence-electron chi connectivity index (χ4n) is 2.91. The van der Waals surface area contributed by atoms with Crippen molar-refractivity contribution in [1.82, 2.24) is 10.2 Å². The van der Waals surface area contributed by atoms with E-state index in [1.807, 2.05) is 30.3 Å². The number of carbonyl (C=O) groups is 2. The first kappa shape index (κ1) is 20.4. The van der Waals surface area contributed by atoms with Crippen LogP contribution in [0, 0.1) is 0 Å². The highest BCUT2D eigenvalue weighted by atomic mass is 31.2. The van der Waals surface area contributed by atoms with Crippen molar-refractivity contribution in [3.05, 3.63) is 30.3 Å². The lowest BCUT2D eigenvalue weighted by atomic mass is 10.1. The third kappa shape index (κ3) is 6.78. The normalized spacial score (nSPS) is 16.8. The van der Waals surface area contributed by atoms with Crippen molar-refractivity contribution in [1.29, 1.82) is 0 Å². The van der Waals surface area contributed by atoms with Crippen LogP contribution in [0.4, 0.5) is 0 Å². The number of amides is 2. The molecule has 0 spiro atoms. The molecule has 3 N–H and O–H groups in total. The van der Waals surface area contributed by atoms with E-state index >= 15 is 0 Å². The minimum absolute atomic E-state index is 0.00997. The number of piperidine rings is 1. The third-order valence-electron chi connectivity index (χ3n) is 4.18. The molecule has 1 aromatic carbocycles. The standard InChI is InChI=1S/C17H25N2O6P/c1-13(20)18-16(9-12-26(22,23)24)17(21)19-10-7-15(8-11-19)25-14-5-3-2-4-6-14/h2-6,15-16H,7-12H2,1H3,(H,18,20)(H2,22,23,24)/t16-/m0/s1. The monoisotopic (exact) mass is 384 g/mol. The Morgan fingerprint density at radius 3 is 2.42 bits per heavy atom. The van der Waals surface area contributed by atoms with Crippen LogP contribution in [-0.4, -0.2) is 57.9 Å². The average Bonchev–Trinajstić information content (AvgIpc) is 2.58. The van der Waals surface area contributed by atoms with Gasteiger partial charge in [-0.05, 0) is 18.6 Å². The Labute approximate surface area is 152 Å². The summed E-state index contributed by atoms with van der Waals surface area (Å²) in [5.41, 5.74) is 0. The highest BCUT2D eigenvalue weighted by Gasteiger charge is 2.30. The van der Waals surface area contributed by atoms with Crippen molar-refractivity contribution < 1.29 is 28.7 Å². The van der Waals surface area contributed by atoms with E-state index in [4.69, 9.17) is 14.5 Å². The number of likely N-dealkylation sites (tertiary alicyclic amines) is 1. The molecular formula is C17H25N2O6P. The number of nitrogens with zero attached hydrogens (tertiary/aromatic N) is 1. The molecule has 2 rings (SSSR count). The summed E-state index contributed by atoms with van der Waals surface area (Å²) < 4.78 is 17.0. The van der Waals surface area contributed by atoms with Gasteiger partial charge in [-0.2, -0.15) is 0 Å². The van der Waals surface area contributed by atoms with Gasteiger partial charge >= 0.3 is 7.60 Å². The van der Waals surface area contributed by atoms with Gasteiger partial charge in [0.25, 0.3) is 0 Å². The van der Waals surface area contributed by atoms with E-state index in [0.717, 1.165) is 5.75 Å². The van der Waals surface area contributed by atoms with Gasteiger partial charge in [0.15, 0.2) is 0 Å². The zero-order valence-corrected chi connectivity index (χ0v) is 15.6. The Balaban J connectivity index is 1.89. The summed E-state index contributed by atoms with van der Waals surface area (Å²) in [6, 6.07) is 8.54. The van der Waals surface area contributed by atoms with Gasteiger partial charge < -0.3 is 24.7 Å². The zero-order chi connectivity index (χ0) is 19.2. The van der Waals surface area contributed by atoms with Crippen LogP contribution in [0.2, 0.25) is 0 Å². The molecule has 8 nitrogen and oxygen atoms in total. The zero-order valence-electron chi connectivity index (χ0n) is 14.7. The lowest BCUT2D eigenvalue weighted by Crippen LogP contribution is -2.51. The Kier molecular flexibility index (Phi) is 7.20. The summed E-state index contributed by atoms with van der Waals surface area (Å²) in [5.74, 6) is 0.0678. The molecular weight excluding hydrogens is 359 g/mol. The number of hydrogen-bond donors (Lipinski definition) is 3. The summed E-state index contributed by atoms with van der Waals surface area (Å²) in [5, 5.41) is 2.50. The first-order valence-electron chi connectivity index (χ1n) is 8.57. The van der Waals surface area contributed by atoms with Crippen molar-refractivity contribution in [2.45, 2.75) is 38.3 Å². The summed E-state index contributed by atoms with van der Waals surface area (Å²) in [4.78, 5) is 43.6. The second-order valence-corrected chi connectivity index (χ2v) is 8.16. The number of hydrogen-bond acceptors (Lipinski definition) is 4. The lowest BCUT2D eigenvalue weighted by Gasteiger charge is -2.34. The van der Waals surface area contributed by atoms with Gasteiger partial charge in [0.1, 0.15) is 17.9 Å². The second-order valence-electron chi connectivity index (χ2n) is 6.39. The van der Waals surface area contributed by atoms with E-state index in [1.165, 1.54) is 6.92 Å². The minimum atomic E-state index is -4.23. The molecule has 0 saturated carbocycles. The van der Waals surface area contributed by atoms with Crippen molar-refractivity contribution in [3.8, 4) is 5.75 Å². The largest absolute Gasteiger partial charge is 0.490 e. The summed E-state index contributed by atoms with van der Waals surface area (Å²) in [6.07, 6.45) is 0.786. The number of para-hydroxylation sites is 1. The van der Waals surface area contributed by atoms with Crippen LogP contribution in [0.25, 0.3) is 0 Å². The predicted octanol–water partition coefficient (Wildman–Crippen LogP) is 1.13. The Bertz CT molecular complexity index is 654. The molecule has 0 radical (unpaired) electrons. The van der Waals surface area contributed by atoms with Gasteiger partial charge in [0.05, 0.1) is 6.16 Å². The second kappa shape index (κ2) is 9.16. The first-order valence-corrected chi connectivity index (χ1v) is 10.4. The maximum atomic E-state index is 12.6. The molecule has 26 heavy (non-hydrogen) atoms. The van der Waals surface area contributed by atoms with Gasteiger partial charge in [-0.25, -0.2) is 0 Å². The smallest absolute Gasteiger partial charge is 0.325 e. The topological polar surface area (TPSA) is 116 Å². The highest BCUT2D eigenvalue weighted by molar-refractivity contribution is 7.51. The predicted molar refractivity (Wildman–Crippen MR) is 95.8 cm³/mol. The summed E-state index contributed by atoms with van der Waals surface area (Å²) in [6.45, 7) is 2.22. The maximum Gasteiger partial charge on any atom is 0.325 e. The minimum Gasteiger partial charge on any atom is -0.490 e. The fourth-order valence-corrected chi connectivity index (χ4v) is 3.50. The van der Waals surface area contributed by atoms with Crippen molar-refractivity contribution in [2.24, 2.45) is 0 Å². The van der Waals surface area contributed by atoms with E-state index in [1.54, 1.807) is 4.90 Å². The van der Waals surface area contributed by atoms with Gasteiger partial charge in [-0.3, -0.25) is 14.2 Å². The van der Waals surface area contributed by atoms with Crippen LogP contribution >= 0.6 is 7.60 Å². The van der Waals surface area contributed by atoms with Crippen LogP contribution in [0.3, 0.4) is 0 Å². The van der Waals surface area contributed by atoms with Gasteiger partial charge in [-0.15, -0.1) is 0 Å². The average molecular weight is 384 g/mol. The quantitative estimate of drug-likeness (QED) is 0.607. The van der Waals surface area contributed by atoms with Crippen molar-refractivity contribution in [2.75, 3.05) is 19.3 Å². The highest BCUT2D eigenvalue weighted by Crippen LogP contribution is 2.35. The molecule has 0 aromatic heterocycles. The van der Waals surface area contributed by atoms with Crippen molar-refractivity contribution >= 4 is 19.4 Å². The number of benzene rings is 1. The van der Waals surface area contributed by atoms with Crippen LogP contribution in [0.15, 0.2) is 30.3 Å². The van der Waals surface area contributed by atoms with Gasteiger partial charge in [0, 0.05) is 32.9 Å². The van der Waals surface area contributed by atoms with E-state index in [2.05, 4.69) is 5.32 Å². The molecule has 0 aliphatic carbocycles. The van der Waals surface area contributed by atoms with Crippen LogP contribution in [-0.2, 0) is 14.2 Å². The van der Waals surface area contributed by atoms with Crippen molar-refractivity contribution in [3.63, 3.8) is 0 Å². The molecule has 1 aliphatic rings. The molecule has 1 heterocycles. The first-order chi connectivity index (χ1) is 12.2. The molecule has 1 aromatic rings.